The van der Waals surface area contributed by atoms with Gasteiger partial charge < -0.3 is 15.0 Å². The van der Waals surface area contributed by atoms with Crippen LogP contribution in [0.4, 0.5) is 13.2 Å². The van der Waals surface area contributed by atoms with E-state index in [2.05, 4.69) is 4.74 Å². The molecule has 0 aromatic carbocycles. The molecule has 8 heteroatoms. The molecule has 0 aromatic rings. The molecule has 0 atom stereocenters. The van der Waals surface area contributed by atoms with Crippen LogP contribution in [0, 0.1) is 5.41 Å². The van der Waals surface area contributed by atoms with Crippen molar-refractivity contribution in [3.63, 3.8) is 0 Å². The molecule has 1 rings (SSSR count). The van der Waals surface area contributed by atoms with Crippen molar-refractivity contribution in [3.05, 3.63) is 0 Å². The van der Waals surface area contributed by atoms with E-state index in [0.29, 0.717) is 25.9 Å². The number of amides is 1. The SMILES string of the molecule is COC(=O)C1(CNC(=O)C(F)(F)F)CCN(C)CC1. The van der Waals surface area contributed by atoms with E-state index in [1.165, 1.54) is 7.11 Å². The highest BCUT2D eigenvalue weighted by molar-refractivity contribution is 5.83. The topological polar surface area (TPSA) is 58.6 Å². The molecular formula is C11H17F3N2O3. The molecule has 1 fully saturated rings. The third-order valence-electron chi connectivity index (χ3n) is 3.41. The molecule has 0 bridgehead atoms. The largest absolute Gasteiger partial charge is 0.471 e. The first kappa shape index (κ1) is 15.7. The van der Waals surface area contributed by atoms with Crippen molar-refractivity contribution in [1.29, 1.82) is 0 Å². The molecule has 0 aromatic heterocycles. The lowest BCUT2D eigenvalue weighted by atomic mass is 9.78. The van der Waals surface area contributed by atoms with Gasteiger partial charge in [-0.15, -0.1) is 0 Å². The van der Waals surface area contributed by atoms with Crippen LogP contribution in [-0.4, -0.2) is 56.7 Å². The van der Waals surface area contributed by atoms with Gasteiger partial charge in [-0.3, -0.25) is 9.59 Å². The maximum atomic E-state index is 12.1. The summed E-state index contributed by atoms with van der Waals surface area (Å²) in [6.07, 6.45) is -4.23. The number of alkyl halides is 3. The van der Waals surface area contributed by atoms with Crippen LogP contribution >= 0.6 is 0 Å². The molecule has 110 valence electrons. The Bertz CT molecular complexity index is 350. The molecule has 1 aliphatic heterocycles. The minimum Gasteiger partial charge on any atom is -0.469 e. The van der Waals surface area contributed by atoms with Gasteiger partial charge in [0.15, 0.2) is 0 Å². The van der Waals surface area contributed by atoms with Crippen molar-refractivity contribution in [2.24, 2.45) is 5.41 Å². The summed E-state index contributed by atoms with van der Waals surface area (Å²) in [6, 6.07) is 0. The van der Waals surface area contributed by atoms with Crippen LogP contribution in [0.5, 0.6) is 0 Å². The molecule has 5 nitrogen and oxygen atoms in total. The van der Waals surface area contributed by atoms with Crippen LogP contribution in [0.15, 0.2) is 0 Å². The van der Waals surface area contributed by atoms with Gasteiger partial charge in [-0.05, 0) is 33.0 Å². The summed E-state index contributed by atoms with van der Waals surface area (Å²) in [5, 5.41) is 1.78. The quantitative estimate of drug-likeness (QED) is 0.768. The van der Waals surface area contributed by atoms with Crippen molar-refractivity contribution < 1.29 is 27.5 Å². The number of rotatable bonds is 3. The van der Waals surface area contributed by atoms with Gasteiger partial charge in [-0.1, -0.05) is 0 Å². The highest BCUT2D eigenvalue weighted by Crippen LogP contribution is 2.32. The minimum absolute atomic E-state index is 0.355. The number of methoxy groups -OCH3 is 1. The van der Waals surface area contributed by atoms with Gasteiger partial charge in [0.1, 0.15) is 0 Å². The first-order chi connectivity index (χ1) is 8.71. The van der Waals surface area contributed by atoms with Gasteiger partial charge in [0, 0.05) is 6.54 Å². The first-order valence-electron chi connectivity index (χ1n) is 5.83. The van der Waals surface area contributed by atoms with Crippen molar-refractivity contribution >= 4 is 11.9 Å². The molecule has 1 saturated heterocycles. The van der Waals surface area contributed by atoms with Crippen LogP contribution in [0.1, 0.15) is 12.8 Å². The van der Waals surface area contributed by atoms with Gasteiger partial charge in [-0.25, -0.2) is 0 Å². The lowest BCUT2D eigenvalue weighted by Gasteiger charge is -2.38. The number of piperidine rings is 1. The van der Waals surface area contributed by atoms with Crippen molar-refractivity contribution in [2.75, 3.05) is 33.8 Å². The van der Waals surface area contributed by atoms with E-state index >= 15 is 0 Å². The van der Waals surface area contributed by atoms with E-state index < -0.39 is 23.5 Å². The lowest BCUT2D eigenvalue weighted by molar-refractivity contribution is -0.175. The van der Waals surface area contributed by atoms with Gasteiger partial charge in [0.05, 0.1) is 12.5 Å². The number of carbonyl (C=O) groups is 2. The van der Waals surface area contributed by atoms with Crippen molar-refractivity contribution in [1.82, 2.24) is 10.2 Å². The molecule has 0 spiro atoms. The van der Waals surface area contributed by atoms with Gasteiger partial charge in [-0.2, -0.15) is 13.2 Å². The number of halogens is 3. The predicted molar refractivity (Wildman–Crippen MR) is 60.2 cm³/mol. The Hall–Kier alpha value is -1.31. The Morgan fingerprint density at radius 1 is 1.32 bits per heavy atom. The van der Waals surface area contributed by atoms with Crippen molar-refractivity contribution in [2.45, 2.75) is 19.0 Å². The Kier molecular flexibility index (Phi) is 4.78. The standard InChI is InChI=1S/C11H17F3N2O3/c1-16-5-3-10(4-6-16,9(18)19-2)7-15-8(17)11(12,13)14/h3-7H2,1-2H3,(H,15,17). The van der Waals surface area contributed by atoms with Gasteiger partial charge >= 0.3 is 18.1 Å². The molecule has 19 heavy (non-hydrogen) atoms. The average Bonchev–Trinajstić information content (AvgIpc) is 2.36. The Balaban J connectivity index is 2.72. The summed E-state index contributed by atoms with van der Waals surface area (Å²) in [5.41, 5.74) is -1.07. The maximum Gasteiger partial charge on any atom is 0.471 e. The first-order valence-corrected chi connectivity index (χ1v) is 5.83. The van der Waals surface area contributed by atoms with Crippen LogP contribution in [-0.2, 0) is 14.3 Å². The Morgan fingerprint density at radius 2 is 1.84 bits per heavy atom. The number of nitrogens with zero attached hydrogens (tertiary/aromatic N) is 1. The van der Waals surface area contributed by atoms with E-state index in [1.54, 1.807) is 5.32 Å². The summed E-state index contributed by atoms with van der Waals surface area (Å²) in [5.74, 6) is -2.61. The molecule has 1 N–H and O–H groups in total. The second-order valence-corrected chi connectivity index (χ2v) is 4.76. The smallest absolute Gasteiger partial charge is 0.469 e. The number of hydrogen-bond donors (Lipinski definition) is 1. The van der Waals surface area contributed by atoms with Crippen LogP contribution in [0.2, 0.25) is 0 Å². The van der Waals surface area contributed by atoms with Gasteiger partial charge in [0.2, 0.25) is 0 Å². The summed E-state index contributed by atoms with van der Waals surface area (Å²) in [6.45, 7) is 0.778. The summed E-state index contributed by atoms with van der Waals surface area (Å²) < 4.78 is 41.1. The average molecular weight is 282 g/mol. The summed E-state index contributed by atoms with van der Waals surface area (Å²) in [4.78, 5) is 24.6. The molecule has 1 heterocycles. The maximum absolute atomic E-state index is 12.1. The zero-order valence-electron chi connectivity index (χ0n) is 10.8. The molecular weight excluding hydrogens is 265 g/mol. The summed E-state index contributed by atoms with van der Waals surface area (Å²) in [7, 11) is 3.05. The fraction of sp³-hybridized carbons (Fsp3) is 0.818. The molecule has 1 aliphatic rings. The second-order valence-electron chi connectivity index (χ2n) is 4.76. The number of carbonyl (C=O) groups excluding carboxylic acids is 2. The number of nitrogens with one attached hydrogen (secondary N) is 1. The fourth-order valence-electron chi connectivity index (χ4n) is 2.07. The van der Waals surface area contributed by atoms with E-state index in [1.807, 2.05) is 11.9 Å². The second kappa shape index (κ2) is 5.77. The number of likely N-dealkylation sites (tertiary alicyclic amines) is 1. The highest BCUT2D eigenvalue weighted by Gasteiger charge is 2.45. The normalized spacial score (nSPS) is 19.8. The fourth-order valence-corrected chi connectivity index (χ4v) is 2.07. The lowest BCUT2D eigenvalue weighted by Crippen LogP contribution is -2.51. The molecule has 1 amide bonds. The van der Waals surface area contributed by atoms with Crippen LogP contribution in [0.3, 0.4) is 0 Å². The predicted octanol–water partition coefficient (Wildman–Crippen LogP) is 0.550. The Labute approximate surface area is 109 Å². The minimum atomic E-state index is -4.94. The Morgan fingerprint density at radius 3 is 2.26 bits per heavy atom. The molecule has 0 saturated carbocycles. The van der Waals surface area contributed by atoms with Gasteiger partial charge in [0.25, 0.3) is 0 Å². The third kappa shape index (κ3) is 3.82. The van der Waals surface area contributed by atoms with E-state index in [4.69, 9.17) is 0 Å². The highest BCUT2D eigenvalue weighted by atomic mass is 19.4. The van der Waals surface area contributed by atoms with E-state index in [-0.39, 0.29) is 6.54 Å². The number of ether oxygens (including phenoxy) is 1. The van der Waals surface area contributed by atoms with Crippen molar-refractivity contribution in [3.8, 4) is 0 Å². The monoisotopic (exact) mass is 282 g/mol. The van der Waals surface area contributed by atoms with Crippen LogP contribution < -0.4 is 5.32 Å². The molecule has 0 aliphatic carbocycles. The van der Waals surface area contributed by atoms with Crippen LogP contribution in [0.25, 0.3) is 0 Å². The third-order valence-corrected chi connectivity index (χ3v) is 3.41. The number of esters is 1. The zero-order valence-corrected chi connectivity index (χ0v) is 10.8. The molecule has 0 radical (unpaired) electrons. The van der Waals surface area contributed by atoms with E-state index in [9.17, 15) is 22.8 Å². The van der Waals surface area contributed by atoms with E-state index in [0.717, 1.165) is 0 Å². The summed E-state index contributed by atoms with van der Waals surface area (Å²) >= 11 is 0. The molecule has 0 unspecified atom stereocenters. The zero-order chi connectivity index (χ0) is 14.7. The number of hydrogen-bond acceptors (Lipinski definition) is 4.